The summed E-state index contributed by atoms with van der Waals surface area (Å²) in [7, 11) is 0. The lowest BCUT2D eigenvalue weighted by Gasteiger charge is -2.14. The average Bonchev–Trinajstić information content (AvgIpc) is 2.38. The Morgan fingerprint density at radius 2 is 1.88 bits per heavy atom. The third-order valence-electron chi connectivity index (χ3n) is 2.67. The number of ether oxygens (including phenoxy) is 1. The summed E-state index contributed by atoms with van der Waals surface area (Å²) in [5, 5.41) is 8.95. The minimum Gasteiger partial charge on any atom is -0.493 e. The second-order valence-corrected chi connectivity index (χ2v) is 3.89. The highest BCUT2D eigenvalue weighted by Gasteiger charge is 2.06. The zero-order chi connectivity index (χ0) is 11.2. The first-order valence-corrected chi connectivity index (χ1v) is 5.54. The zero-order valence-corrected chi connectivity index (χ0v) is 9.23. The Morgan fingerprint density at radius 3 is 2.50 bits per heavy atom. The van der Waals surface area contributed by atoms with E-state index in [0.29, 0.717) is 6.61 Å². The molecule has 1 aliphatic carbocycles. The van der Waals surface area contributed by atoms with E-state index in [-0.39, 0.29) is 6.61 Å². The molecule has 1 N–H and O–H groups in total. The summed E-state index contributed by atoms with van der Waals surface area (Å²) in [5.74, 6) is 1.00. The highest BCUT2D eigenvalue weighted by molar-refractivity contribution is 5.21. The lowest BCUT2D eigenvalue weighted by Crippen LogP contribution is -2.00. The van der Waals surface area contributed by atoms with Gasteiger partial charge >= 0.3 is 0 Å². The average molecular weight is 216 g/mol. The molecule has 0 radical (unpaired) electrons. The maximum absolute atomic E-state index is 8.95. The molecule has 0 heterocycles. The smallest absolute Gasteiger partial charge is 0.113 e. The molecule has 1 aromatic rings. The molecule has 0 spiro atoms. The lowest BCUT2D eigenvalue weighted by molar-refractivity contribution is 0.187. The molecule has 1 aromatic carbocycles. The van der Waals surface area contributed by atoms with Gasteiger partial charge in [0.15, 0.2) is 0 Å². The molecule has 0 unspecified atom stereocenters. The fourth-order valence-electron chi connectivity index (χ4n) is 1.66. The van der Waals surface area contributed by atoms with Crippen molar-refractivity contribution in [2.75, 3.05) is 6.61 Å². The molecule has 0 fully saturated rings. The Balaban J connectivity index is 1.88. The Hall–Kier alpha value is -1.54. The van der Waals surface area contributed by atoms with E-state index >= 15 is 0 Å². The number of rotatable bonds is 4. The van der Waals surface area contributed by atoms with Gasteiger partial charge in [0.1, 0.15) is 6.61 Å². The predicted octanol–water partition coefficient (Wildman–Crippen LogP) is 2.80. The number of aliphatic hydroxyl groups excluding tert-OH is 1. The Morgan fingerprint density at radius 1 is 1.06 bits per heavy atom. The molecule has 16 heavy (non-hydrogen) atoms. The van der Waals surface area contributed by atoms with E-state index in [1.165, 1.54) is 5.56 Å². The summed E-state index contributed by atoms with van der Waals surface area (Å²) in [6.45, 7) is 0.775. The van der Waals surface area contributed by atoms with E-state index in [1.807, 2.05) is 30.4 Å². The minimum absolute atomic E-state index is 0.155. The van der Waals surface area contributed by atoms with Gasteiger partial charge in [0.2, 0.25) is 0 Å². The van der Waals surface area contributed by atoms with Gasteiger partial charge in [-0.25, -0.2) is 0 Å². The van der Waals surface area contributed by atoms with Gasteiger partial charge in [0.05, 0.1) is 12.4 Å². The quantitative estimate of drug-likeness (QED) is 0.838. The Kier molecular flexibility index (Phi) is 3.78. The second-order valence-electron chi connectivity index (χ2n) is 3.89. The van der Waals surface area contributed by atoms with Crippen LogP contribution in [0.2, 0.25) is 0 Å². The van der Waals surface area contributed by atoms with Crippen molar-refractivity contribution < 1.29 is 9.84 Å². The van der Waals surface area contributed by atoms with E-state index in [1.54, 1.807) is 0 Å². The van der Waals surface area contributed by atoms with Gasteiger partial charge in [-0.15, -0.1) is 0 Å². The number of hydrogen-bond donors (Lipinski definition) is 1. The van der Waals surface area contributed by atoms with Crippen molar-refractivity contribution in [1.82, 2.24) is 0 Å². The number of allylic oxidation sites excluding steroid dienone is 3. The summed E-state index contributed by atoms with van der Waals surface area (Å²) >= 11 is 0. The summed E-state index contributed by atoms with van der Waals surface area (Å²) in [4.78, 5) is 0. The van der Waals surface area contributed by atoms with Gasteiger partial charge in [0.25, 0.3) is 0 Å². The van der Waals surface area contributed by atoms with Crippen LogP contribution in [0.3, 0.4) is 0 Å². The van der Waals surface area contributed by atoms with Crippen LogP contribution in [-0.4, -0.2) is 11.7 Å². The van der Waals surface area contributed by atoms with Crippen molar-refractivity contribution in [3.8, 4) is 0 Å². The first kappa shape index (κ1) is 11.0. The van der Waals surface area contributed by atoms with E-state index in [9.17, 15) is 0 Å². The van der Waals surface area contributed by atoms with Gasteiger partial charge < -0.3 is 9.84 Å². The summed E-state index contributed by atoms with van der Waals surface area (Å²) in [6.07, 6.45) is 5.69. The topological polar surface area (TPSA) is 29.5 Å². The normalized spacial score (nSPS) is 15.3. The van der Waals surface area contributed by atoms with Crippen LogP contribution in [0.4, 0.5) is 0 Å². The van der Waals surface area contributed by atoms with Crippen molar-refractivity contribution in [2.45, 2.75) is 19.4 Å². The van der Waals surface area contributed by atoms with E-state index < -0.39 is 0 Å². The summed E-state index contributed by atoms with van der Waals surface area (Å²) in [6, 6.07) is 10.1. The molecule has 0 amide bonds. The number of aliphatic hydroxyl groups is 1. The highest BCUT2D eigenvalue weighted by Crippen LogP contribution is 2.19. The lowest BCUT2D eigenvalue weighted by atomic mass is 10.0. The molecule has 2 nitrogen and oxygen atoms in total. The largest absolute Gasteiger partial charge is 0.493 e. The highest BCUT2D eigenvalue weighted by atomic mass is 16.5. The van der Waals surface area contributed by atoms with Gasteiger partial charge in [-0.2, -0.15) is 0 Å². The maximum Gasteiger partial charge on any atom is 0.113 e. The molecule has 2 heteroatoms. The molecular formula is C14H16O2. The molecule has 0 saturated heterocycles. The molecule has 1 aliphatic rings. The monoisotopic (exact) mass is 216 g/mol. The second kappa shape index (κ2) is 5.52. The first-order chi connectivity index (χ1) is 7.88. The number of benzene rings is 1. The fourth-order valence-corrected chi connectivity index (χ4v) is 1.66. The molecule has 0 bridgehead atoms. The van der Waals surface area contributed by atoms with Crippen molar-refractivity contribution >= 4 is 0 Å². The molecule has 0 aromatic heterocycles. The van der Waals surface area contributed by atoms with Crippen LogP contribution in [0.1, 0.15) is 18.4 Å². The Bertz CT molecular complexity index is 390. The fraction of sp³-hybridized carbons (Fsp3) is 0.286. The van der Waals surface area contributed by atoms with E-state index in [2.05, 4.69) is 12.1 Å². The maximum atomic E-state index is 8.95. The Labute approximate surface area is 95.9 Å². The van der Waals surface area contributed by atoms with Crippen LogP contribution in [0.15, 0.2) is 53.8 Å². The van der Waals surface area contributed by atoms with Crippen LogP contribution in [-0.2, 0) is 11.3 Å². The van der Waals surface area contributed by atoms with E-state index in [4.69, 9.17) is 9.84 Å². The van der Waals surface area contributed by atoms with Gasteiger partial charge in [-0.05, 0) is 23.6 Å². The third kappa shape index (κ3) is 2.97. The molecular weight excluding hydrogens is 200 g/mol. The standard InChI is InChI=1S/C14H16O2/c15-10-12-6-8-14(9-7-12)16-11-13-4-2-1-3-5-13/h1-6,8,15H,7,9-11H2. The summed E-state index contributed by atoms with van der Waals surface area (Å²) < 4.78 is 5.70. The van der Waals surface area contributed by atoms with Gasteiger partial charge in [-0.1, -0.05) is 36.4 Å². The number of hydrogen-bond acceptors (Lipinski definition) is 2. The molecule has 0 atom stereocenters. The van der Waals surface area contributed by atoms with Crippen LogP contribution in [0, 0.1) is 0 Å². The van der Waals surface area contributed by atoms with Crippen LogP contribution in [0.5, 0.6) is 0 Å². The van der Waals surface area contributed by atoms with Crippen molar-refractivity contribution in [2.24, 2.45) is 0 Å². The zero-order valence-electron chi connectivity index (χ0n) is 9.23. The van der Waals surface area contributed by atoms with Crippen molar-refractivity contribution in [1.29, 1.82) is 0 Å². The van der Waals surface area contributed by atoms with Crippen LogP contribution in [0.25, 0.3) is 0 Å². The predicted molar refractivity (Wildman–Crippen MR) is 63.7 cm³/mol. The van der Waals surface area contributed by atoms with Crippen LogP contribution >= 0.6 is 0 Å². The van der Waals surface area contributed by atoms with Gasteiger partial charge in [0, 0.05) is 6.42 Å². The first-order valence-electron chi connectivity index (χ1n) is 5.54. The summed E-state index contributed by atoms with van der Waals surface area (Å²) in [5.41, 5.74) is 2.26. The van der Waals surface area contributed by atoms with Crippen molar-refractivity contribution in [3.05, 3.63) is 59.4 Å². The minimum atomic E-state index is 0.155. The molecule has 2 rings (SSSR count). The third-order valence-corrected chi connectivity index (χ3v) is 2.67. The molecule has 0 saturated carbocycles. The van der Waals surface area contributed by atoms with E-state index in [0.717, 1.165) is 24.2 Å². The SMILES string of the molecule is OCC1=CC=C(OCc2ccccc2)CC1. The van der Waals surface area contributed by atoms with Crippen molar-refractivity contribution in [3.63, 3.8) is 0 Å². The molecule has 0 aliphatic heterocycles. The van der Waals surface area contributed by atoms with Crippen LogP contribution < -0.4 is 0 Å². The molecule has 84 valence electrons. The van der Waals surface area contributed by atoms with Gasteiger partial charge in [-0.3, -0.25) is 0 Å².